The molecule has 2 unspecified atom stereocenters. The lowest BCUT2D eigenvalue weighted by molar-refractivity contribution is 0.207. The molecule has 0 radical (unpaired) electrons. The molecule has 1 fully saturated rings. The van der Waals surface area contributed by atoms with Gasteiger partial charge in [0.05, 0.1) is 7.11 Å². The first kappa shape index (κ1) is 15.7. The molecule has 3 rings (SSSR count). The summed E-state index contributed by atoms with van der Waals surface area (Å²) in [5.41, 5.74) is 2.71. The number of hydrogen-bond donors (Lipinski definition) is 2. The fourth-order valence-corrected chi connectivity index (χ4v) is 4.58. The molecule has 1 aromatic carbocycles. The van der Waals surface area contributed by atoms with Crippen molar-refractivity contribution in [2.24, 2.45) is 11.8 Å². The van der Waals surface area contributed by atoms with Gasteiger partial charge in [-0.15, -0.1) is 0 Å². The van der Waals surface area contributed by atoms with Gasteiger partial charge in [0.25, 0.3) is 0 Å². The summed E-state index contributed by atoms with van der Waals surface area (Å²) in [6, 6.07) is 6.42. The number of rotatable bonds is 6. The summed E-state index contributed by atoms with van der Waals surface area (Å²) in [5.74, 6) is 3.31. The molecule has 2 atom stereocenters. The molecule has 2 N–H and O–H groups in total. The Morgan fingerprint density at radius 1 is 1.27 bits per heavy atom. The number of methoxy groups -OCH3 is 1. The van der Waals surface area contributed by atoms with E-state index in [9.17, 15) is 0 Å². The Morgan fingerprint density at radius 3 is 2.82 bits per heavy atom. The zero-order chi connectivity index (χ0) is 15.4. The Labute approximate surface area is 134 Å². The number of fused-ring (bicyclic) bond motifs is 1. The summed E-state index contributed by atoms with van der Waals surface area (Å²) in [4.78, 5) is 0. The van der Waals surface area contributed by atoms with Crippen LogP contribution >= 0.6 is 0 Å². The zero-order valence-corrected chi connectivity index (χ0v) is 14.0. The first-order valence-electron chi connectivity index (χ1n) is 8.90. The van der Waals surface area contributed by atoms with Crippen LogP contribution in [0.15, 0.2) is 18.2 Å². The predicted octanol–water partition coefficient (Wildman–Crippen LogP) is 4.01. The van der Waals surface area contributed by atoms with E-state index in [0.29, 0.717) is 5.92 Å². The topological polar surface area (TPSA) is 33.3 Å². The van der Waals surface area contributed by atoms with Crippen LogP contribution in [0.4, 0.5) is 5.69 Å². The monoisotopic (exact) mass is 302 g/mol. The third kappa shape index (κ3) is 3.10. The molecule has 1 aliphatic heterocycles. The number of nitrogens with one attached hydrogen (secondary N) is 2. The number of hydrogen-bond acceptors (Lipinski definition) is 3. The third-order valence-corrected chi connectivity index (χ3v) is 5.67. The summed E-state index contributed by atoms with van der Waals surface area (Å²) >= 11 is 0. The molecule has 1 saturated carbocycles. The van der Waals surface area contributed by atoms with Crippen LogP contribution in [0.25, 0.3) is 0 Å². The van der Waals surface area contributed by atoms with Crippen molar-refractivity contribution in [2.45, 2.75) is 44.4 Å². The Bertz CT molecular complexity index is 482. The average molecular weight is 302 g/mol. The lowest BCUT2D eigenvalue weighted by Gasteiger charge is -2.35. The Kier molecular flexibility index (Phi) is 5.24. The van der Waals surface area contributed by atoms with E-state index in [0.717, 1.165) is 30.7 Å². The highest BCUT2D eigenvalue weighted by Crippen LogP contribution is 2.47. The Hall–Kier alpha value is -1.22. The highest BCUT2D eigenvalue weighted by molar-refractivity contribution is 5.63. The summed E-state index contributed by atoms with van der Waals surface area (Å²) in [6.45, 7) is 2.18. The Balaban J connectivity index is 1.86. The van der Waals surface area contributed by atoms with E-state index >= 15 is 0 Å². The molecule has 0 spiro atoms. The molecule has 3 heteroatoms. The predicted molar refractivity (Wildman–Crippen MR) is 92.8 cm³/mol. The molecule has 1 aliphatic carbocycles. The van der Waals surface area contributed by atoms with Gasteiger partial charge in [0.2, 0.25) is 0 Å². The lowest BCUT2D eigenvalue weighted by Crippen LogP contribution is -2.28. The molecule has 2 aliphatic rings. The van der Waals surface area contributed by atoms with Gasteiger partial charge < -0.3 is 15.4 Å². The standard InChI is InChI=1S/C19H30N2O/c1-20-12-11-15(14-7-4-3-5-8-14)16-13-21-17-9-6-10-18(22-2)19(16)17/h6,9-10,14-16,20-21H,3-5,7-8,11-13H2,1-2H3. The van der Waals surface area contributed by atoms with Crippen molar-refractivity contribution in [1.29, 1.82) is 0 Å². The summed E-state index contributed by atoms with van der Waals surface area (Å²) < 4.78 is 5.67. The van der Waals surface area contributed by atoms with Crippen molar-refractivity contribution in [3.63, 3.8) is 0 Å². The van der Waals surface area contributed by atoms with Crippen molar-refractivity contribution in [1.82, 2.24) is 5.32 Å². The van der Waals surface area contributed by atoms with Gasteiger partial charge in [0.15, 0.2) is 0 Å². The maximum absolute atomic E-state index is 5.67. The number of anilines is 1. The van der Waals surface area contributed by atoms with E-state index in [-0.39, 0.29) is 0 Å². The van der Waals surface area contributed by atoms with Crippen LogP contribution in [0.5, 0.6) is 5.75 Å². The molecule has 0 amide bonds. The maximum Gasteiger partial charge on any atom is 0.124 e. The Morgan fingerprint density at radius 2 is 2.09 bits per heavy atom. The van der Waals surface area contributed by atoms with Gasteiger partial charge in [-0.05, 0) is 44.0 Å². The van der Waals surface area contributed by atoms with Gasteiger partial charge in [-0.3, -0.25) is 0 Å². The maximum atomic E-state index is 5.67. The van der Waals surface area contributed by atoms with Crippen LogP contribution in [0, 0.1) is 11.8 Å². The SMILES string of the molecule is CNCCC(C1CCCCC1)C1CNc2cccc(OC)c21. The van der Waals surface area contributed by atoms with Crippen molar-refractivity contribution >= 4 is 5.69 Å². The van der Waals surface area contributed by atoms with E-state index in [4.69, 9.17) is 4.74 Å². The van der Waals surface area contributed by atoms with Crippen molar-refractivity contribution in [2.75, 3.05) is 32.6 Å². The summed E-state index contributed by atoms with van der Waals surface area (Å²) in [7, 11) is 3.87. The molecular weight excluding hydrogens is 272 g/mol. The fraction of sp³-hybridized carbons (Fsp3) is 0.684. The molecular formula is C19H30N2O. The molecule has 1 heterocycles. The molecule has 0 saturated heterocycles. The van der Waals surface area contributed by atoms with Crippen LogP contribution in [0.1, 0.15) is 50.0 Å². The van der Waals surface area contributed by atoms with Gasteiger partial charge in [-0.2, -0.15) is 0 Å². The smallest absolute Gasteiger partial charge is 0.124 e. The quantitative estimate of drug-likeness (QED) is 0.833. The highest BCUT2D eigenvalue weighted by Gasteiger charge is 2.36. The van der Waals surface area contributed by atoms with Gasteiger partial charge in [0, 0.05) is 23.7 Å². The number of benzene rings is 1. The molecule has 122 valence electrons. The van der Waals surface area contributed by atoms with Crippen molar-refractivity contribution < 1.29 is 4.74 Å². The van der Waals surface area contributed by atoms with Crippen LogP contribution < -0.4 is 15.4 Å². The second kappa shape index (κ2) is 7.36. The second-order valence-electron chi connectivity index (χ2n) is 6.86. The second-order valence-corrected chi connectivity index (χ2v) is 6.86. The van der Waals surface area contributed by atoms with E-state index in [1.54, 1.807) is 7.11 Å². The minimum absolute atomic E-state index is 0.600. The molecule has 0 aromatic heterocycles. The summed E-state index contributed by atoms with van der Waals surface area (Å²) in [5, 5.41) is 6.98. The minimum Gasteiger partial charge on any atom is -0.496 e. The molecule has 3 nitrogen and oxygen atoms in total. The van der Waals surface area contributed by atoms with Crippen molar-refractivity contribution in [3.05, 3.63) is 23.8 Å². The average Bonchev–Trinajstić information content (AvgIpc) is 3.00. The largest absolute Gasteiger partial charge is 0.496 e. The zero-order valence-electron chi connectivity index (χ0n) is 14.0. The highest BCUT2D eigenvalue weighted by atomic mass is 16.5. The van der Waals surface area contributed by atoms with Crippen LogP contribution in [0.3, 0.4) is 0 Å². The van der Waals surface area contributed by atoms with E-state index in [2.05, 4.69) is 35.9 Å². The normalized spacial score (nSPS) is 22.9. The van der Waals surface area contributed by atoms with Gasteiger partial charge in [-0.25, -0.2) is 0 Å². The van der Waals surface area contributed by atoms with Gasteiger partial charge in [-0.1, -0.05) is 38.2 Å². The van der Waals surface area contributed by atoms with Crippen LogP contribution in [-0.2, 0) is 0 Å². The molecule has 1 aromatic rings. The van der Waals surface area contributed by atoms with Crippen molar-refractivity contribution in [3.8, 4) is 5.75 Å². The summed E-state index contributed by atoms with van der Waals surface area (Å²) in [6.07, 6.45) is 8.35. The van der Waals surface area contributed by atoms with Gasteiger partial charge >= 0.3 is 0 Å². The molecule has 22 heavy (non-hydrogen) atoms. The van der Waals surface area contributed by atoms with E-state index in [1.807, 2.05) is 0 Å². The first-order chi connectivity index (χ1) is 10.8. The lowest BCUT2D eigenvalue weighted by atomic mass is 9.71. The van der Waals surface area contributed by atoms with E-state index < -0.39 is 0 Å². The van der Waals surface area contributed by atoms with Crippen LogP contribution in [0.2, 0.25) is 0 Å². The fourth-order valence-electron chi connectivity index (χ4n) is 4.58. The third-order valence-electron chi connectivity index (χ3n) is 5.67. The van der Waals surface area contributed by atoms with Gasteiger partial charge in [0.1, 0.15) is 5.75 Å². The molecule has 0 bridgehead atoms. The van der Waals surface area contributed by atoms with Crippen LogP contribution in [-0.4, -0.2) is 27.2 Å². The first-order valence-corrected chi connectivity index (χ1v) is 8.90. The minimum atomic E-state index is 0.600. The number of ether oxygens (including phenoxy) is 1. The van der Waals surface area contributed by atoms with E-state index in [1.165, 1.54) is 49.8 Å².